The molecule has 0 aromatic carbocycles. The molecule has 0 fully saturated rings. The molecule has 0 aromatic rings. The molecule has 0 saturated carbocycles. The molecule has 0 aliphatic heterocycles. The molecule has 0 saturated heterocycles. The number of aliphatic hydroxyl groups excluding tert-OH is 1. The largest absolute Gasteiger partial charge is 0.465 e. The van der Waals surface area contributed by atoms with E-state index in [1.807, 2.05) is 6.92 Å². The SMILES string of the molecule is CCCCOC(=O)C(C#N)CCCCCCCCCCO. The van der Waals surface area contributed by atoms with E-state index in [4.69, 9.17) is 15.1 Å². The number of carbonyl (C=O) groups is 1. The fourth-order valence-electron chi connectivity index (χ4n) is 2.17. The van der Waals surface area contributed by atoms with E-state index in [1.54, 1.807) is 0 Å². The van der Waals surface area contributed by atoms with E-state index >= 15 is 0 Å². The van der Waals surface area contributed by atoms with Crippen LogP contribution in [-0.2, 0) is 9.53 Å². The third-order valence-corrected chi connectivity index (χ3v) is 3.58. The molecule has 4 nitrogen and oxygen atoms in total. The van der Waals surface area contributed by atoms with E-state index in [0.29, 0.717) is 19.6 Å². The maximum Gasteiger partial charge on any atom is 0.323 e. The summed E-state index contributed by atoms with van der Waals surface area (Å²) in [5.74, 6) is -0.943. The van der Waals surface area contributed by atoms with Crippen LogP contribution in [0.15, 0.2) is 0 Å². The topological polar surface area (TPSA) is 70.3 Å². The van der Waals surface area contributed by atoms with Crippen LogP contribution in [-0.4, -0.2) is 24.3 Å². The summed E-state index contributed by atoms with van der Waals surface area (Å²) in [7, 11) is 0. The summed E-state index contributed by atoms with van der Waals surface area (Å²) in [6.45, 7) is 2.77. The van der Waals surface area contributed by atoms with Crippen molar-refractivity contribution in [3.63, 3.8) is 0 Å². The number of hydrogen-bond donors (Lipinski definition) is 1. The van der Waals surface area contributed by atoms with Gasteiger partial charge in [-0.25, -0.2) is 0 Å². The van der Waals surface area contributed by atoms with Crippen molar-refractivity contribution in [2.24, 2.45) is 5.92 Å². The summed E-state index contributed by atoms with van der Waals surface area (Å²) in [5, 5.41) is 17.7. The lowest BCUT2D eigenvalue weighted by molar-refractivity contribution is -0.146. The Bertz CT molecular complexity index is 286. The van der Waals surface area contributed by atoms with Crippen molar-refractivity contribution in [1.82, 2.24) is 0 Å². The number of nitriles is 1. The Kier molecular flexibility index (Phi) is 14.5. The average molecular weight is 297 g/mol. The number of hydrogen-bond acceptors (Lipinski definition) is 4. The van der Waals surface area contributed by atoms with Gasteiger partial charge in [0, 0.05) is 6.61 Å². The second kappa shape index (κ2) is 15.3. The zero-order valence-electron chi connectivity index (χ0n) is 13.5. The van der Waals surface area contributed by atoms with Crippen LogP contribution in [0.25, 0.3) is 0 Å². The van der Waals surface area contributed by atoms with Gasteiger partial charge in [0.1, 0.15) is 5.92 Å². The van der Waals surface area contributed by atoms with Gasteiger partial charge in [-0.15, -0.1) is 0 Å². The first-order valence-electron chi connectivity index (χ1n) is 8.43. The normalized spacial score (nSPS) is 11.9. The van der Waals surface area contributed by atoms with Gasteiger partial charge in [0.25, 0.3) is 0 Å². The highest BCUT2D eigenvalue weighted by Crippen LogP contribution is 2.14. The van der Waals surface area contributed by atoms with Crippen LogP contribution in [0.4, 0.5) is 0 Å². The van der Waals surface area contributed by atoms with Crippen LogP contribution in [0.1, 0.15) is 77.6 Å². The molecule has 0 heterocycles. The fraction of sp³-hybridized carbons (Fsp3) is 0.882. The molecular formula is C17H31NO3. The monoisotopic (exact) mass is 297 g/mol. The number of ether oxygens (including phenoxy) is 1. The molecule has 0 bridgehead atoms. The Hall–Kier alpha value is -1.08. The van der Waals surface area contributed by atoms with Crippen molar-refractivity contribution in [1.29, 1.82) is 5.26 Å². The van der Waals surface area contributed by atoms with Gasteiger partial charge in [0.2, 0.25) is 0 Å². The highest BCUT2D eigenvalue weighted by molar-refractivity contribution is 5.75. The fourth-order valence-corrected chi connectivity index (χ4v) is 2.17. The standard InChI is InChI=1S/C17H31NO3/c1-2-3-14-21-17(20)16(15-18)12-10-8-6-4-5-7-9-11-13-19/h16,19H,2-14H2,1H3. The molecule has 0 aliphatic carbocycles. The van der Waals surface area contributed by atoms with Crippen LogP contribution in [0.5, 0.6) is 0 Å². The number of nitrogens with zero attached hydrogens (tertiary/aromatic N) is 1. The molecule has 0 radical (unpaired) electrons. The summed E-state index contributed by atoms with van der Waals surface area (Å²) in [6, 6.07) is 2.06. The van der Waals surface area contributed by atoms with E-state index in [2.05, 4.69) is 6.07 Å². The molecule has 122 valence electrons. The van der Waals surface area contributed by atoms with Crippen molar-refractivity contribution in [3.05, 3.63) is 0 Å². The molecule has 0 spiro atoms. The first kappa shape index (κ1) is 19.9. The van der Waals surface area contributed by atoms with E-state index in [1.165, 1.54) is 19.3 Å². The number of rotatable bonds is 14. The molecule has 1 unspecified atom stereocenters. The first-order chi connectivity index (χ1) is 10.3. The second-order valence-corrected chi connectivity index (χ2v) is 5.54. The van der Waals surface area contributed by atoms with Crippen LogP contribution in [0.3, 0.4) is 0 Å². The van der Waals surface area contributed by atoms with E-state index in [-0.39, 0.29) is 5.97 Å². The van der Waals surface area contributed by atoms with Gasteiger partial charge in [-0.05, 0) is 19.3 Å². The Morgan fingerprint density at radius 1 is 1.05 bits per heavy atom. The Morgan fingerprint density at radius 2 is 1.62 bits per heavy atom. The van der Waals surface area contributed by atoms with Gasteiger partial charge in [-0.3, -0.25) is 4.79 Å². The minimum absolute atomic E-state index is 0.296. The quantitative estimate of drug-likeness (QED) is 0.389. The van der Waals surface area contributed by atoms with Crippen molar-refractivity contribution >= 4 is 5.97 Å². The lowest BCUT2D eigenvalue weighted by atomic mass is 10.0. The molecule has 0 aliphatic rings. The number of esters is 1. The number of aliphatic hydroxyl groups is 1. The van der Waals surface area contributed by atoms with E-state index in [0.717, 1.165) is 44.9 Å². The van der Waals surface area contributed by atoms with Crippen molar-refractivity contribution in [2.45, 2.75) is 77.6 Å². The highest BCUT2D eigenvalue weighted by Gasteiger charge is 2.18. The number of unbranched alkanes of at least 4 members (excludes halogenated alkanes) is 8. The van der Waals surface area contributed by atoms with Gasteiger partial charge in [0.15, 0.2) is 0 Å². The van der Waals surface area contributed by atoms with E-state index in [9.17, 15) is 4.79 Å². The average Bonchev–Trinajstić information content (AvgIpc) is 2.49. The molecular weight excluding hydrogens is 266 g/mol. The van der Waals surface area contributed by atoms with Gasteiger partial charge in [-0.1, -0.05) is 58.3 Å². The number of carbonyl (C=O) groups excluding carboxylic acids is 1. The summed E-state index contributed by atoms with van der Waals surface area (Å²) < 4.78 is 5.09. The van der Waals surface area contributed by atoms with Gasteiger partial charge in [0.05, 0.1) is 12.7 Å². The van der Waals surface area contributed by atoms with Gasteiger partial charge >= 0.3 is 5.97 Å². The third-order valence-electron chi connectivity index (χ3n) is 3.58. The Morgan fingerprint density at radius 3 is 2.14 bits per heavy atom. The maximum atomic E-state index is 11.7. The van der Waals surface area contributed by atoms with Crippen LogP contribution >= 0.6 is 0 Å². The molecule has 4 heteroatoms. The molecule has 0 rings (SSSR count). The first-order valence-corrected chi connectivity index (χ1v) is 8.43. The molecule has 0 amide bonds. The third kappa shape index (κ3) is 12.4. The highest BCUT2D eigenvalue weighted by atomic mass is 16.5. The molecule has 0 aromatic heterocycles. The smallest absolute Gasteiger partial charge is 0.323 e. The van der Waals surface area contributed by atoms with Crippen LogP contribution in [0, 0.1) is 17.2 Å². The Labute approximate surface area is 129 Å². The van der Waals surface area contributed by atoms with Crippen LogP contribution in [0.2, 0.25) is 0 Å². The van der Waals surface area contributed by atoms with Crippen molar-refractivity contribution < 1.29 is 14.6 Å². The zero-order valence-corrected chi connectivity index (χ0v) is 13.5. The predicted molar refractivity (Wildman–Crippen MR) is 83.6 cm³/mol. The van der Waals surface area contributed by atoms with Crippen molar-refractivity contribution in [3.8, 4) is 6.07 Å². The second-order valence-electron chi connectivity index (χ2n) is 5.54. The molecule has 21 heavy (non-hydrogen) atoms. The van der Waals surface area contributed by atoms with Crippen molar-refractivity contribution in [2.75, 3.05) is 13.2 Å². The van der Waals surface area contributed by atoms with E-state index < -0.39 is 5.92 Å². The zero-order chi connectivity index (χ0) is 15.8. The Balaban J connectivity index is 3.51. The van der Waals surface area contributed by atoms with Crippen LogP contribution < -0.4 is 0 Å². The summed E-state index contributed by atoms with van der Waals surface area (Å²) in [4.78, 5) is 11.7. The minimum Gasteiger partial charge on any atom is -0.465 e. The summed E-state index contributed by atoms with van der Waals surface area (Å²) in [5.41, 5.74) is 0. The lowest BCUT2D eigenvalue weighted by Gasteiger charge is -2.09. The summed E-state index contributed by atoms with van der Waals surface area (Å²) >= 11 is 0. The predicted octanol–water partition coefficient (Wildman–Crippen LogP) is 3.97. The van der Waals surface area contributed by atoms with Gasteiger partial charge in [-0.2, -0.15) is 5.26 Å². The lowest BCUT2D eigenvalue weighted by Crippen LogP contribution is -2.16. The maximum absolute atomic E-state index is 11.7. The molecule has 1 N–H and O–H groups in total. The molecule has 1 atom stereocenters. The minimum atomic E-state index is -0.591. The van der Waals surface area contributed by atoms with Gasteiger partial charge < -0.3 is 9.84 Å². The summed E-state index contributed by atoms with van der Waals surface area (Å²) in [6.07, 6.45) is 11.2.